The fourth-order valence-electron chi connectivity index (χ4n) is 5.99. The van der Waals surface area contributed by atoms with Crippen molar-refractivity contribution in [1.82, 2.24) is 0 Å². The molecule has 5 aromatic rings. The molecule has 1 heteroatoms. The zero-order chi connectivity index (χ0) is 27.4. The molecule has 0 amide bonds. The predicted octanol–water partition coefficient (Wildman–Crippen LogP) is 10.7. The van der Waals surface area contributed by atoms with Gasteiger partial charge in [0.25, 0.3) is 0 Å². The molecule has 196 valence electrons. The minimum Gasteiger partial charge on any atom is -0.311 e. The Morgan fingerprint density at radius 1 is 0.513 bits per heavy atom. The highest BCUT2D eigenvalue weighted by Gasteiger charge is 2.20. The highest BCUT2D eigenvalue weighted by molar-refractivity contribution is 5.96. The van der Waals surface area contributed by atoms with Gasteiger partial charge in [0, 0.05) is 17.1 Å². The van der Waals surface area contributed by atoms with Crippen molar-refractivity contribution in [3.63, 3.8) is 0 Å². The van der Waals surface area contributed by atoms with Crippen LogP contribution in [-0.2, 0) is 23.7 Å². The lowest BCUT2D eigenvalue weighted by molar-refractivity contribution is 0.590. The van der Waals surface area contributed by atoms with Gasteiger partial charge in [-0.25, -0.2) is 0 Å². The summed E-state index contributed by atoms with van der Waals surface area (Å²) in [5.74, 6) is 0. The fourth-order valence-corrected chi connectivity index (χ4v) is 5.99. The Balaban J connectivity index is 1.41. The number of nitrogens with zero attached hydrogens (tertiary/aromatic N) is 1. The van der Waals surface area contributed by atoms with E-state index in [0.29, 0.717) is 0 Å². The number of aryl methyl sites for hydroxylation is 2. The molecule has 0 aromatic heterocycles. The van der Waals surface area contributed by atoms with Gasteiger partial charge in [0.1, 0.15) is 0 Å². The molecule has 5 aromatic carbocycles. The van der Waals surface area contributed by atoms with Gasteiger partial charge in [-0.1, -0.05) is 108 Å². The molecule has 1 aliphatic rings. The third-order valence-corrected chi connectivity index (χ3v) is 8.30. The van der Waals surface area contributed by atoms with E-state index in [-0.39, 0.29) is 10.8 Å². The minimum absolute atomic E-state index is 0.125. The summed E-state index contributed by atoms with van der Waals surface area (Å²) in [6.07, 6.45) is 2.27. The largest absolute Gasteiger partial charge is 0.311 e. The van der Waals surface area contributed by atoms with Crippen molar-refractivity contribution in [3.05, 3.63) is 125 Å². The molecule has 1 nitrogen and oxygen atoms in total. The Kier molecular flexibility index (Phi) is 6.14. The monoisotopic (exact) mass is 509 g/mol. The highest BCUT2D eigenvalue weighted by atomic mass is 15.1. The van der Waals surface area contributed by atoms with E-state index < -0.39 is 0 Å². The molecule has 0 atom stereocenters. The van der Waals surface area contributed by atoms with Crippen LogP contribution in [0.2, 0.25) is 0 Å². The molecule has 0 bridgehead atoms. The average molecular weight is 510 g/mol. The van der Waals surface area contributed by atoms with Crippen molar-refractivity contribution in [2.75, 3.05) is 4.90 Å². The van der Waals surface area contributed by atoms with E-state index in [1.807, 2.05) is 0 Å². The molecule has 0 spiro atoms. The van der Waals surface area contributed by atoms with Crippen molar-refractivity contribution in [1.29, 1.82) is 0 Å². The van der Waals surface area contributed by atoms with Gasteiger partial charge < -0.3 is 4.90 Å². The summed E-state index contributed by atoms with van der Waals surface area (Å²) in [4.78, 5) is 2.38. The SMILES string of the molecule is CC(C)(C)c1ccc(N(c2ccc(-c3ccc4cccc5c4c3CC5)cc2)c2ccc(C(C)(C)C)cc2)cc1. The molecule has 0 unspecified atom stereocenters. The van der Waals surface area contributed by atoms with E-state index in [0.717, 1.165) is 12.8 Å². The van der Waals surface area contributed by atoms with E-state index in [9.17, 15) is 0 Å². The number of benzene rings is 5. The lowest BCUT2D eigenvalue weighted by atomic mass is 9.86. The minimum atomic E-state index is 0.125. The van der Waals surface area contributed by atoms with Gasteiger partial charge >= 0.3 is 0 Å². The molecule has 39 heavy (non-hydrogen) atoms. The molecule has 0 N–H and O–H groups in total. The highest BCUT2D eigenvalue weighted by Crippen LogP contribution is 2.40. The molecule has 0 fully saturated rings. The van der Waals surface area contributed by atoms with Crippen LogP contribution in [0, 0.1) is 0 Å². The average Bonchev–Trinajstić information content (AvgIpc) is 3.35. The first-order chi connectivity index (χ1) is 18.6. The summed E-state index contributed by atoms with van der Waals surface area (Å²) in [5, 5.41) is 2.84. The van der Waals surface area contributed by atoms with Crippen LogP contribution in [0.5, 0.6) is 0 Å². The summed E-state index contributed by atoms with van der Waals surface area (Å²) in [7, 11) is 0. The lowest BCUT2D eigenvalue weighted by Crippen LogP contribution is -2.14. The van der Waals surface area contributed by atoms with Gasteiger partial charge in [0.05, 0.1) is 0 Å². The zero-order valence-corrected chi connectivity index (χ0v) is 24.2. The van der Waals surface area contributed by atoms with Gasteiger partial charge in [0.15, 0.2) is 0 Å². The van der Waals surface area contributed by atoms with E-state index in [1.165, 1.54) is 61.2 Å². The van der Waals surface area contributed by atoms with E-state index in [2.05, 4.69) is 150 Å². The summed E-state index contributed by atoms with van der Waals surface area (Å²) >= 11 is 0. The lowest BCUT2D eigenvalue weighted by Gasteiger charge is -2.28. The predicted molar refractivity (Wildman–Crippen MR) is 169 cm³/mol. The van der Waals surface area contributed by atoms with Crippen molar-refractivity contribution < 1.29 is 0 Å². The van der Waals surface area contributed by atoms with Crippen LogP contribution >= 0.6 is 0 Å². The third kappa shape index (κ3) is 4.76. The van der Waals surface area contributed by atoms with Crippen LogP contribution in [0.3, 0.4) is 0 Å². The van der Waals surface area contributed by atoms with Crippen LogP contribution in [0.4, 0.5) is 17.1 Å². The Morgan fingerprint density at radius 3 is 1.54 bits per heavy atom. The van der Waals surface area contributed by atoms with Crippen LogP contribution in [0.1, 0.15) is 63.8 Å². The quantitative estimate of drug-likeness (QED) is 0.233. The van der Waals surface area contributed by atoms with Gasteiger partial charge in [-0.3, -0.25) is 0 Å². The van der Waals surface area contributed by atoms with Crippen molar-refractivity contribution >= 4 is 27.8 Å². The van der Waals surface area contributed by atoms with Gasteiger partial charge in [-0.15, -0.1) is 0 Å². The van der Waals surface area contributed by atoms with E-state index in [4.69, 9.17) is 0 Å². The van der Waals surface area contributed by atoms with E-state index >= 15 is 0 Å². The second kappa shape index (κ2) is 9.42. The summed E-state index contributed by atoms with van der Waals surface area (Å²) in [5.41, 5.74) is 12.1. The molecular weight excluding hydrogens is 470 g/mol. The first-order valence-corrected chi connectivity index (χ1v) is 14.2. The maximum atomic E-state index is 2.38. The Morgan fingerprint density at radius 2 is 1.03 bits per heavy atom. The first kappa shape index (κ1) is 25.4. The molecule has 0 saturated carbocycles. The number of hydrogen-bond donors (Lipinski definition) is 0. The Bertz CT molecular complexity index is 1570. The maximum Gasteiger partial charge on any atom is 0.0462 e. The summed E-state index contributed by atoms with van der Waals surface area (Å²) < 4.78 is 0. The summed E-state index contributed by atoms with van der Waals surface area (Å²) in [6, 6.07) is 38.6. The second-order valence-corrected chi connectivity index (χ2v) is 13.1. The van der Waals surface area contributed by atoms with Crippen molar-refractivity contribution in [2.45, 2.75) is 65.2 Å². The molecular formula is C38H39N. The molecule has 0 radical (unpaired) electrons. The molecule has 0 heterocycles. The normalized spacial score (nSPS) is 13.2. The maximum absolute atomic E-state index is 2.38. The molecule has 0 saturated heterocycles. The number of anilines is 3. The van der Waals surface area contributed by atoms with Gasteiger partial charge in [-0.05, 0) is 104 Å². The van der Waals surface area contributed by atoms with Crippen LogP contribution in [0.15, 0.2) is 103 Å². The molecule has 0 aliphatic heterocycles. The first-order valence-electron chi connectivity index (χ1n) is 14.2. The third-order valence-electron chi connectivity index (χ3n) is 8.30. The number of rotatable bonds is 4. The van der Waals surface area contributed by atoms with Gasteiger partial charge in [0.2, 0.25) is 0 Å². The van der Waals surface area contributed by atoms with Crippen LogP contribution in [-0.4, -0.2) is 0 Å². The smallest absolute Gasteiger partial charge is 0.0462 e. The van der Waals surface area contributed by atoms with E-state index in [1.54, 1.807) is 0 Å². The van der Waals surface area contributed by atoms with Crippen molar-refractivity contribution in [2.24, 2.45) is 0 Å². The fraction of sp³-hybridized carbons (Fsp3) is 0.263. The van der Waals surface area contributed by atoms with Crippen molar-refractivity contribution in [3.8, 4) is 11.1 Å². The number of hydrogen-bond acceptors (Lipinski definition) is 1. The van der Waals surface area contributed by atoms with Crippen LogP contribution < -0.4 is 4.90 Å². The zero-order valence-electron chi connectivity index (χ0n) is 24.2. The topological polar surface area (TPSA) is 3.24 Å². The second-order valence-electron chi connectivity index (χ2n) is 13.1. The van der Waals surface area contributed by atoms with Crippen LogP contribution in [0.25, 0.3) is 21.9 Å². The Hall–Kier alpha value is -3.84. The molecule has 6 rings (SSSR count). The van der Waals surface area contributed by atoms with Gasteiger partial charge in [-0.2, -0.15) is 0 Å². The molecule has 1 aliphatic carbocycles. The standard InChI is InChI=1S/C38H39N/c1-37(2,3)29-14-20-32(21-15-29)39(33-22-16-30(17-23-33)38(4,5)6)31-18-10-26(11-19-31)34-24-12-27-8-7-9-28-13-25-35(34)36(27)28/h7-12,14-24H,13,25H2,1-6H3. The Labute approximate surface area is 234 Å². The summed E-state index contributed by atoms with van der Waals surface area (Å²) in [6.45, 7) is 13.6.